The van der Waals surface area contributed by atoms with Gasteiger partial charge in [0.1, 0.15) is 11.5 Å². The van der Waals surface area contributed by atoms with Gasteiger partial charge in [0.2, 0.25) is 5.91 Å². The van der Waals surface area contributed by atoms with E-state index in [0.717, 1.165) is 36.9 Å². The minimum Gasteiger partial charge on any atom is -0.378 e. The van der Waals surface area contributed by atoms with Crippen LogP contribution < -0.4 is 0 Å². The zero-order chi connectivity index (χ0) is 19.0. The molecule has 0 aliphatic carbocycles. The molecule has 6 nitrogen and oxygen atoms in total. The van der Waals surface area contributed by atoms with Crippen molar-refractivity contribution in [2.75, 3.05) is 7.11 Å². The zero-order valence-electron chi connectivity index (χ0n) is 15.1. The molecule has 2 aliphatic rings. The van der Waals surface area contributed by atoms with Gasteiger partial charge in [-0.2, -0.15) is 0 Å². The molecule has 0 radical (unpaired) electrons. The first-order chi connectivity index (χ1) is 13.0. The van der Waals surface area contributed by atoms with Crippen molar-refractivity contribution in [2.24, 2.45) is 0 Å². The van der Waals surface area contributed by atoms with Crippen molar-refractivity contribution in [3.63, 3.8) is 0 Å². The van der Waals surface area contributed by atoms with Crippen LogP contribution in [0.2, 0.25) is 0 Å². The number of ether oxygens (including phenoxy) is 1. The number of hydrogen-bond donors (Lipinski definition) is 0. The lowest BCUT2D eigenvalue weighted by molar-refractivity contribution is -0.135. The fourth-order valence-electron chi connectivity index (χ4n) is 4.40. The SMILES string of the molecule is COCc1cn(C2CC3CCC(C2)N3C(=O)Cc2ccc(F)cc2Br)nn1. The van der Waals surface area contributed by atoms with Crippen molar-refractivity contribution in [1.82, 2.24) is 19.9 Å². The Kier molecular flexibility index (Phi) is 5.27. The van der Waals surface area contributed by atoms with Gasteiger partial charge in [-0.05, 0) is 43.4 Å². The van der Waals surface area contributed by atoms with Crippen molar-refractivity contribution >= 4 is 21.8 Å². The van der Waals surface area contributed by atoms with E-state index in [1.54, 1.807) is 13.2 Å². The van der Waals surface area contributed by atoms with Crippen molar-refractivity contribution in [3.05, 3.63) is 45.9 Å². The van der Waals surface area contributed by atoms with Crippen LogP contribution in [0.5, 0.6) is 0 Å². The average Bonchev–Trinajstić information content (AvgIpc) is 3.20. The van der Waals surface area contributed by atoms with Gasteiger partial charge in [0.15, 0.2) is 0 Å². The van der Waals surface area contributed by atoms with E-state index in [-0.39, 0.29) is 29.8 Å². The van der Waals surface area contributed by atoms with Crippen LogP contribution in [0.3, 0.4) is 0 Å². The van der Waals surface area contributed by atoms with E-state index < -0.39 is 0 Å². The van der Waals surface area contributed by atoms with Crippen LogP contribution in [0.4, 0.5) is 4.39 Å². The number of carbonyl (C=O) groups excluding carboxylic acids is 1. The van der Waals surface area contributed by atoms with Gasteiger partial charge in [0, 0.05) is 23.7 Å². The Morgan fingerprint density at radius 2 is 2.04 bits per heavy atom. The van der Waals surface area contributed by atoms with Crippen LogP contribution in [-0.4, -0.2) is 45.0 Å². The Morgan fingerprint density at radius 1 is 1.30 bits per heavy atom. The lowest BCUT2D eigenvalue weighted by Gasteiger charge is -2.39. The van der Waals surface area contributed by atoms with Gasteiger partial charge in [-0.15, -0.1) is 5.10 Å². The molecule has 4 rings (SSSR count). The number of methoxy groups -OCH3 is 1. The molecule has 2 aliphatic heterocycles. The molecule has 0 saturated carbocycles. The average molecular weight is 437 g/mol. The highest BCUT2D eigenvalue weighted by atomic mass is 79.9. The molecule has 2 unspecified atom stereocenters. The molecule has 0 spiro atoms. The quantitative estimate of drug-likeness (QED) is 0.721. The van der Waals surface area contributed by atoms with Gasteiger partial charge < -0.3 is 9.64 Å². The number of carbonyl (C=O) groups is 1. The number of piperidine rings is 1. The highest BCUT2D eigenvalue weighted by molar-refractivity contribution is 9.10. The van der Waals surface area contributed by atoms with Crippen LogP contribution in [0.1, 0.15) is 43.0 Å². The Balaban J connectivity index is 1.44. The molecule has 2 atom stereocenters. The first-order valence-corrected chi connectivity index (χ1v) is 9.99. The van der Waals surface area contributed by atoms with Crippen molar-refractivity contribution in [2.45, 2.75) is 56.8 Å². The topological polar surface area (TPSA) is 60.2 Å². The molecule has 0 N–H and O–H groups in total. The molecule has 1 aromatic carbocycles. The number of amides is 1. The maximum Gasteiger partial charge on any atom is 0.227 e. The molecule has 27 heavy (non-hydrogen) atoms. The van der Waals surface area contributed by atoms with E-state index in [1.165, 1.54) is 12.1 Å². The first-order valence-electron chi connectivity index (χ1n) is 9.20. The summed E-state index contributed by atoms with van der Waals surface area (Å²) in [6.45, 7) is 0.455. The largest absolute Gasteiger partial charge is 0.378 e. The van der Waals surface area contributed by atoms with Gasteiger partial charge >= 0.3 is 0 Å². The predicted molar refractivity (Wildman–Crippen MR) is 100 cm³/mol. The van der Waals surface area contributed by atoms with Crippen LogP contribution in [0.25, 0.3) is 0 Å². The second kappa shape index (κ2) is 7.67. The Hall–Kier alpha value is -1.80. The summed E-state index contributed by atoms with van der Waals surface area (Å²) in [6.07, 6.45) is 6.07. The van der Waals surface area contributed by atoms with Crippen LogP contribution in [0.15, 0.2) is 28.9 Å². The van der Waals surface area contributed by atoms with E-state index >= 15 is 0 Å². The third kappa shape index (κ3) is 3.78. The molecule has 3 heterocycles. The van der Waals surface area contributed by atoms with Crippen LogP contribution >= 0.6 is 15.9 Å². The summed E-state index contributed by atoms with van der Waals surface area (Å²) in [6, 6.07) is 5.22. The molecule has 2 saturated heterocycles. The number of fused-ring (bicyclic) bond motifs is 2. The number of nitrogens with zero attached hydrogens (tertiary/aromatic N) is 4. The van der Waals surface area contributed by atoms with E-state index in [4.69, 9.17) is 4.74 Å². The minimum atomic E-state index is -0.306. The lowest BCUT2D eigenvalue weighted by atomic mass is 9.96. The molecular weight excluding hydrogens is 415 g/mol. The Labute approximate surface area is 165 Å². The second-order valence-electron chi connectivity index (χ2n) is 7.35. The lowest BCUT2D eigenvalue weighted by Crippen LogP contribution is -2.47. The maximum atomic E-state index is 13.3. The summed E-state index contributed by atoms with van der Waals surface area (Å²) >= 11 is 3.36. The number of halogens is 2. The highest BCUT2D eigenvalue weighted by Gasteiger charge is 2.43. The minimum absolute atomic E-state index is 0.118. The molecule has 8 heteroatoms. The van der Waals surface area contributed by atoms with Crippen molar-refractivity contribution in [1.29, 1.82) is 0 Å². The molecule has 2 bridgehead atoms. The molecular formula is C19H22BrFN4O2. The van der Waals surface area contributed by atoms with E-state index in [1.807, 2.05) is 10.9 Å². The Bertz CT molecular complexity index is 829. The summed E-state index contributed by atoms with van der Waals surface area (Å²) in [5, 5.41) is 8.40. The number of rotatable bonds is 5. The summed E-state index contributed by atoms with van der Waals surface area (Å²) in [5.74, 6) is -0.188. The summed E-state index contributed by atoms with van der Waals surface area (Å²) in [4.78, 5) is 15.0. The molecule has 2 fully saturated rings. The second-order valence-corrected chi connectivity index (χ2v) is 8.20. The zero-order valence-corrected chi connectivity index (χ0v) is 16.7. The fraction of sp³-hybridized carbons (Fsp3) is 0.526. The van der Waals surface area contributed by atoms with E-state index in [0.29, 0.717) is 17.5 Å². The first kappa shape index (κ1) is 18.6. The van der Waals surface area contributed by atoms with Gasteiger partial charge in [0.25, 0.3) is 0 Å². The summed E-state index contributed by atoms with van der Waals surface area (Å²) in [5.41, 5.74) is 1.65. The van der Waals surface area contributed by atoms with Gasteiger partial charge in [-0.1, -0.05) is 27.2 Å². The van der Waals surface area contributed by atoms with Gasteiger partial charge in [0.05, 0.1) is 25.3 Å². The number of hydrogen-bond acceptors (Lipinski definition) is 4. The van der Waals surface area contributed by atoms with Crippen molar-refractivity contribution < 1.29 is 13.9 Å². The van der Waals surface area contributed by atoms with Gasteiger partial charge in [-0.25, -0.2) is 9.07 Å². The van der Waals surface area contributed by atoms with E-state index in [9.17, 15) is 9.18 Å². The number of aromatic nitrogens is 3. The normalized spacial score (nSPS) is 24.4. The van der Waals surface area contributed by atoms with Crippen LogP contribution in [-0.2, 0) is 22.6 Å². The summed E-state index contributed by atoms with van der Waals surface area (Å²) in [7, 11) is 1.64. The fourth-order valence-corrected chi connectivity index (χ4v) is 4.89. The maximum absolute atomic E-state index is 13.3. The smallest absolute Gasteiger partial charge is 0.227 e. The van der Waals surface area contributed by atoms with Crippen LogP contribution in [0, 0.1) is 5.82 Å². The summed E-state index contributed by atoms with van der Waals surface area (Å²) < 4.78 is 21.0. The predicted octanol–water partition coefficient (Wildman–Crippen LogP) is 3.26. The van der Waals surface area contributed by atoms with Gasteiger partial charge in [-0.3, -0.25) is 4.79 Å². The Morgan fingerprint density at radius 3 is 2.70 bits per heavy atom. The molecule has 1 amide bonds. The standard InChI is InChI=1S/C19H22BrFN4O2/c1-27-11-14-10-24(23-22-14)17-8-15-4-5-16(9-17)25(15)19(26)6-12-2-3-13(21)7-18(12)20/h2-3,7,10,15-17H,4-6,8-9,11H2,1H3. The molecule has 2 aromatic rings. The molecule has 144 valence electrons. The number of benzene rings is 1. The van der Waals surface area contributed by atoms with Crippen molar-refractivity contribution in [3.8, 4) is 0 Å². The third-order valence-electron chi connectivity index (χ3n) is 5.58. The highest BCUT2D eigenvalue weighted by Crippen LogP contribution is 2.41. The van der Waals surface area contributed by atoms with E-state index in [2.05, 4.69) is 31.1 Å². The monoisotopic (exact) mass is 436 g/mol. The third-order valence-corrected chi connectivity index (χ3v) is 6.32. The molecule has 1 aromatic heterocycles.